The van der Waals surface area contributed by atoms with Crippen LogP contribution in [-0.2, 0) is 0 Å². The highest BCUT2D eigenvalue weighted by Crippen LogP contribution is 2.28. The molecule has 20 heavy (non-hydrogen) atoms. The summed E-state index contributed by atoms with van der Waals surface area (Å²) in [6, 6.07) is 2.95. The van der Waals surface area contributed by atoms with Gasteiger partial charge in [0.25, 0.3) is 0 Å². The van der Waals surface area contributed by atoms with Gasteiger partial charge in [-0.3, -0.25) is 0 Å². The van der Waals surface area contributed by atoms with Gasteiger partial charge in [-0.25, -0.2) is 9.40 Å². The van der Waals surface area contributed by atoms with Gasteiger partial charge in [0.05, 0.1) is 18.0 Å². The Morgan fingerprint density at radius 3 is 2.65 bits per heavy atom. The standard InChI is InChI=1S/C14H23FN4O/c1-3-8-20-14-10-13(12(16)9-11(14)15)17-19-6-4-18(2)5-7-19/h9-10,17H,3-8,16H2,1-2H3. The minimum atomic E-state index is -0.417. The van der Waals surface area contributed by atoms with E-state index in [-0.39, 0.29) is 5.75 Å². The first-order chi connectivity index (χ1) is 9.60. The van der Waals surface area contributed by atoms with Crippen molar-refractivity contribution in [3.8, 4) is 5.75 Å². The number of nitrogens with zero attached hydrogens (tertiary/aromatic N) is 2. The zero-order valence-corrected chi connectivity index (χ0v) is 12.2. The number of anilines is 2. The van der Waals surface area contributed by atoms with E-state index in [1.54, 1.807) is 6.07 Å². The van der Waals surface area contributed by atoms with E-state index in [4.69, 9.17) is 10.5 Å². The summed E-state index contributed by atoms with van der Waals surface area (Å²) in [7, 11) is 2.10. The number of piperazine rings is 1. The first kappa shape index (κ1) is 14.9. The van der Waals surface area contributed by atoms with Crippen LogP contribution in [-0.4, -0.2) is 49.7 Å². The number of nitrogens with two attached hydrogens (primary N) is 1. The normalized spacial score (nSPS) is 17.1. The molecule has 0 unspecified atom stereocenters. The van der Waals surface area contributed by atoms with Crippen molar-refractivity contribution in [2.24, 2.45) is 0 Å². The third-order valence-corrected chi connectivity index (χ3v) is 3.35. The van der Waals surface area contributed by atoms with Crippen LogP contribution >= 0.6 is 0 Å². The van der Waals surface area contributed by atoms with Crippen molar-refractivity contribution < 1.29 is 9.13 Å². The molecule has 0 saturated carbocycles. The van der Waals surface area contributed by atoms with Gasteiger partial charge in [-0.15, -0.1) is 0 Å². The second-order valence-corrected chi connectivity index (χ2v) is 5.12. The largest absolute Gasteiger partial charge is 0.490 e. The summed E-state index contributed by atoms with van der Waals surface area (Å²) in [5.74, 6) is -0.169. The summed E-state index contributed by atoms with van der Waals surface area (Å²) in [6.07, 6.45) is 0.838. The van der Waals surface area contributed by atoms with E-state index in [0.717, 1.165) is 32.6 Å². The third-order valence-electron chi connectivity index (χ3n) is 3.35. The zero-order chi connectivity index (χ0) is 14.5. The van der Waals surface area contributed by atoms with Gasteiger partial charge in [-0.05, 0) is 13.5 Å². The quantitative estimate of drug-likeness (QED) is 0.806. The third kappa shape index (κ3) is 3.74. The van der Waals surface area contributed by atoms with Gasteiger partial charge in [0, 0.05) is 38.3 Å². The van der Waals surface area contributed by atoms with E-state index >= 15 is 0 Å². The summed E-state index contributed by atoms with van der Waals surface area (Å²) in [4.78, 5) is 2.27. The lowest BCUT2D eigenvalue weighted by atomic mass is 10.2. The Labute approximate surface area is 119 Å². The van der Waals surface area contributed by atoms with Crippen molar-refractivity contribution in [1.82, 2.24) is 9.91 Å². The number of nitrogen functional groups attached to an aromatic ring is 1. The van der Waals surface area contributed by atoms with Crippen LogP contribution in [0.15, 0.2) is 12.1 Å². The van der Waals surface area contributed by atoms with Crippen LogP contribution in [0, 0.1) is 5.82 Å². The second kappa shape index (κ2) is 6.76. The van der Waals surface area contributed by atoms with Gasteiger partial charge in [0.15, 0.2) is 11.6 Å². The first-order valence-corrected chi connectivity index (χ1v) is 7.02. The van der Waals surface area contributed by atoms with Crippen LogP contribution in [0.1, 0.15) is 13.3 Å². The van der Waals surface area contributed by atoms with E-state index in [0.29, 0.717) is 18.0 Å². The number of benzene rings is 1. The number of ether oxygens (including phenoxy) is 1. The molecule has 0 aromatic heterocycles. The molecular formula is C14H23FN4O. The summed E-state index contributed by atoms with van der Waals surface area (Å²) < 4.78 is 19.1. The fraction of sp³-hybridized carbons (Fsp3) is 0.571. The average Bonchev–Trinajstić information content (AvgIpc) is 2.43. The molecule has 0 bridgehead atoms. The number of rotatable bonds is 5. The molecule has 0 radical (unpaired) electrons. The summed E-state index contributed by atoms with van der Waals surface area (Å²) in [5.41, 5.74) is 10.2. The highest BCUT2D eigenvalue weighted by atomic mass is 19.1. The molecule has 0 amide bonds. The van der Waals surface area contributed by atoms with Crippen molar-refractivity contribution in [1.29, 1.82) is 0 Å². The molecule has 1 fully saturated rings. The van der Waals surface area contributed by atoms with Crippen LogP contribution in [0.25, 0.3) is 0 Å². The molecule has 6 heteroatoms. The summed E-state index contributed by atoms with van der Waals surface area (Å²) >= 11 is 0. The first-order valence-electron chi connectivity index (χ1n) is 7.02. The molecule has 0 spiro atoms. The van der Waals surface area contributed by atoms with Crippen molar-refractivity contribution in [2.45, 2.75) is 13.3 Å². The Hall–Kier alpha value is -1.53. The second-order valence-electron chi connectivity index (χ2n) is 5.12. The predicted molar refractivity (Wildman–Crippen MR) is 79.3 cm³/mol. The van der Waals surface area contributed by atoms with Gasteiger partial charge in [0.2, 0.25) is 0 Å². The SMILES string of the molecule is CCCOc1cc(NN2CCN(C)CC2)c(N)cc1F. The van der Waals surface area contributed by atoms with Crippen molar-refractivity contribution in [3.63, 3.8) is 0 Å². The fourth-order valence-electron chi connectivity index (χ4n) is 2.08. The molecule has 1 saturated heterocycles. The number of hydrogen-bond acceptors (Lipinski definition) is 5. The van der Waals surface area contributed by atoms with E-state index in [2.05, 4.69) is 22.4 Å². The highest BCUT2D eigenvalue weighted by Gasteiger charge is 2.16. The van der Waals surface area contributed by atoms with Crippen LogP contribution in [0.5, 0.6) is 5.75 Å². The Kier molecular flexibility index (Phi) is 5.03. The Morgan fingerprint density at radius 1 is 1.30 bits per heavy atom. The topological polar surface area (TPSA) is 53.8 Å². The maximum atomic E-state index is 13.7. The predicted octanol–water partition coefficient (Wildman–Crippen LogP) is 1.77. The molecule has 2 rings (SSSR count). The number of hydrogen-bond donors (Lipinski definition) is 2. The minimum Gasteiger partial charge on any atom is -0.490 e. The lowest BCUT2D eigenvalue weighted by molar-refractivity contribution is 0.179. The smallest absolute Gasteiger partial charge is 0.167 e. The molecule has 0 aliphatic carbocycles. The Balaban J connectivity index is 2.06. The van der Waals surface area contributed by atoms with Crippen LogP contribution in [0.4, 0.5) is 15.8 Å². The van der Waals surface area contributed by atoms with E-state index in [1.165, 1.54) is 6.07 Å². The fourth-order valence-corrected chi connectivity index (χ4v) is 2.08. The van der Waals surface area contributed by atoms with E-state index in [9.17, 15) is 4.39 Å². The van der Waals surface area contributed by atoms with Crippen molar-refractivity contribution in [3.05, 3.63) is 17.9 Å². The van der Waals surface area contributed by atoms with Crippen LogP contribution in [0.2, 0.25) is 0 Å². The summed E-state index contributed by atoms with van der Waals surface area (Å²) in [5, 5.41) is 2.09. The van der Waals surface area contributed by atoms with E-state index < -0.39 is 5.82 Å². The molecular weight excluding hydrogens is 259 g/mol. The molecule has 1 aliphatic heterocycles. The van der Waals surface area contributed by atoms with Gasteiger partial charge in [-0.2, -0.15) is 0 Å². The molecule has 1 heterocycles. The molecule has 3 N–H and O–H groups in total. The van der Waals surface area contributed by atoms with Gasteiger partial charge in [0.1, 0.15) is 0 Å². The monoisotopic (exact) mass is 282 g/mol. The maximum absolute atomic E-state index is 13.7. The molecule has 112 valence electrons. The molecule has 1 aromatic rings. The number of likely N-dealkylation sites (N-methyl/N-ethyl adjacent to an activating group) is 1. The number of hydrazine groups is 1. The Morgan fingerprint density at radius 2 is 2.00 bits per heavy atom. The highest BCUT2D eigenvalue weighted by molar-refractivity contribution is 5.68. The lowest BCUT2D eigenvalue weighted by Gasteiger charge is -2.33. The molecule has 1 aromatic carbocycles. The minimum absolute atomic E-state index is 0.248. The number of nitrogens with one attached hydrogen (secondary N) is 1. The molecule has 1 aliphatic rings. The van der Waals surface area contributed by atoms with Crippen molar-refractivity contribution in [2.75, 3.05) is 51.0 Å². The van der Waals surface area contributed by atoms with Gasteiger partial charge in [-0.1, -0.05) is 6.92 Å². The van der Waals surface area contributed by atoms with Crippen molar-refractivity contribution >= 4 is 11.4 Å². The van der Waals surface area contributed by atoms with Crippen LogP contribution < -0.4 is 15.9 Å². The van der Waals surface area contributed by atoms with E-state index in [1.807, 2.05) is 6.92 Å². The average molecular weight is 282 g/mol. The van der Waals surface area contributed by atoms with Crippen LogP contribution in [0.3, 0.4) is 0 Å². The maximum Gasteiger partial charge on any atom is 0.167 e. The Bertz CT molecular complexity index is 447. The molecule has 5 nitrogen and oxygen atoms in total. The summed E-state index contributed by atoms with van der Waals surface area (Å²) in [6.45, 7) is 6.27. The van der Waals surface area contributed by atoms with Gasteiger partial charge >= 0.3 is 0 Å². The van der Waals surface area contributed by atoms with Gasteiger partial charge < -0.3 is 20.8 Å². The number of halogens is 1. The lowest BCUT2D eigenvalue weighted by Crippen LogP contribution is -2.47. The zero-order valence-electron chi connectivity index (χ0n) is 12.2. The molecule has 0 atom stereocenters.